The molecule has 0 saturated heterocycles. The maximum Gasteiger partial charge on any atom is 0.519 e. The molecule has 152 valence electrons. The molecule has 2 rings (SSSR count). The van der Waals surface area contributed by atoms with Gasteiger partial charge in [0.1, 0.15) is 11.5 Å². The van der Waals surface area contributed by atoms with E-state index in [0.29, 0.717) is 11.7 Å². The largest absolute Gasteiger partial charge is 0.519 e. The first-order chi connectivity index (χ1) is 12.2. The van der Waals surface area contributed by atoms with E-state index in [0.717, 1.165) is 17.9 Å². The van der Waals surface area contributed by atoms with Crippen molar-refractivity contribution in [3.8, 4) is 0 Å². The fourth-order valence-electron chi connectivity index (χ4n) is 1.95. The average molecular weight is 382 g/mol. The van der Waals surface area contributed by atoms with E-state index in [4.69, 9.17) is 14.2 Å². The smallest absolute Gasteiger partial charge is 0.457 e. The van der Waals surface area contributed by atoms with Gasteiger partial charge in [-0.05, 0) is 46.6 Å². The predicted molar refractivity (Wildman–Crippen MR) is 99.3 cm³/mol. The molecule has 0 N–H and O–H groups in total. The van der Waals surface area contributed by atoms with Gasteiger partial charge in [0.25, 0.3) is 5.95 Å². The van der Waals surface area contributed by atoms with Gasteiger partial charge >= 0.3 is 11.8 Å². The van der Waals surface area contributed by atoms with Crippen LogP contribution in [0.4, 0.5) is 0 Å². The molecule has 1 aliphatic rings. The first kappa shape index (κ1) is 22.6. The zero-order chi connectivity index (χ0) is 21.0. The SMILES string of the molecule is C=C1OC(C)=C(CC(C)(C)C)O1.Cc1oc(=O)oc1COC(=O)C(C)(C)C. The van der Waals surface area contributed by atoms with Gasteiger partial charge in [0.2, 0.25) is 0 Å². The minimum Gasteiger partial charge on any atom is -0.457 e. The Morgan fingerprint density at radius 1 is 1.04 bits per heavy atom. The lowest BCUT2D eigenvalue weighted by Gasteiger charge is -2.17. The second-order valence-electron chi connectivity index (χ2n) is 8.55. The van der Waals surface area contributed by atoms with Crippen LogP contribution in [0.3, 0.4) is 0 Å². The highest BCUT2D eigenvalue weighted by atomic mass is 16.7. The van der Waals surface area contributed by atoms with Crippen LogP contribution in [-0.4, -0.2) is 5.97 Å². The van der Waals surface area contributed by atoms with E-state index in [2.05, 4.69) is 36.2 Å². The number of hydrogen-bond donors (Lipinski definition) is 0. The van der Waals surface area contributed by atoms with Crippen LogP contribution >= 0.6 is 0 Å². The highest BCUT2D eigenvalue weighted by molar-refractivity contribution is 5.75. The van der Waals surface area contributed by atoms with Gasteiger partial charge in [0.05, 0.1) is 5.41 Å². The molecule has 7 heteroatoms. The Hall–Kier alpha value is -2.44. The Morgan fingerprint density at radius 2 is 1.63 bits per heavy atom. The normalized spacial score (nSPS) is 14.3. The van der Waals surface area contributed by atoms with Gasteiger partial charge in [-0.25, -0.2) is 4.79 Å². The molecule has 1 aromatic heterocycles. The Kier molecular flexibility index (Phi) is 7.11. The Balaban J connectivity index is 0.000000277. The van der Waals surface area contributed by atoms with E-state index in [9.17, 15) is 9.59 Å². The van der Waals surface area contributed by atoms with E-state index in [1.807, 2.05) is 6.92 Å². The van der Waals surface area contributed by atoms with E-state index < -0.39 is 11.2 Å². The van der Waals surface area contributed by atoms with Crippen LogP contribution in [0.2, 0.25) is 0 Å². The summed E-state index contributed by atoms with van der Waals surface area (Å²) in [4.78, 5) is 22.1. The number of carbonyl (C=O) groups excluding carboxylic acids is 1. The highest BCUT2D eigenvalue weighted by Gasteiger charge is 2.24. The van der Waals surface area contributed by atoms with Crippen molar-refractivity contribution in [2.24, 2.45) is 10.8 Å². The van der Waals surface area contributed by atoms with Crippen LogP contribution in [0.5, 0.6) is 0 Å². The molecule has 2 heterocycles. The maximum absolute atomic E-state index is 11.4. The first-order valence-electron chi connectivity index (χ1n) is 8.70. The zero-order valence-electron chi connectivity index (χ0n) is 17.5. The van der Waals surface area contributed by atoms with Gasteiger partial charge in [0.15, 0.2) is 18.1 Å². The van der Waals surface area contributed by atoms with Gasteiger partial charge < -0.3 is 23.0 Å². The molecule has 0 amide bonds. The van der Waals surface area contributed by atoms with Crippen LogP contribution < -0.4 is 5.82 Å². The fraction of sp³-hybridized carbons (Fsp3) is 0.600. The van der Waals surface area contributed by atoms with Gasteiger partial charge in [0, 0.05) is 6.42 Å². The minimum absolute atomic E-state index is 0.0757. The van der Waals surface area contributed by atoms with Crippen LogP contribution in [0, 0.1) is 17.8 Å². The molecule has 7 nitrogen and oxygen atoms in total. The summed E-state index contributed by atoms with van der Waals surface area (Å²) < 4.78 is 24.7. The van der Waals surface area contributed by atoms with Crippen LogP contribution in [0.1, 0.15) is 66.4 Å². The van der Waals surface area contributed by atoms with Crippen LogP contribution in [-0.2, 0) is 25.6 Å². The van der Waals surface area contributed by atoms with Crippen LogP contribution in [0.25, 0.3) is 0 Å². The quantitative estimate of drug-likeness (QED) is 0.694. The third kappa shape index (κ3) is 7.76. The van der Waals surface area contributed by atoms with E-state index in [-0.39, 0.29) is 23.8 Å². The van der Waals surface area contributed by atoms with Gasteiger partial charge in [-0.15, -0.1) is 0 Å². The molecule has 0 fully saturated rings. The topological polar surface area (TPSA) is 88.1 Å². The number of carbonyl (C=O) groups is 1. The molecule has 0 radical (unpaired) electrons. The second-order valence-corrected chi connectivity index (χ2v) is 8.55. The lowest BCUT2D eigenvalue weighted by Crippen LogP contribution is -2.22. The standard InChI is InChI=1S/C10H14O5.C10H16O2/c1-6-7(15-9(12)14-6)5-13-8(11)10(2,3)4;1-7-9(6-10(3,4)5)12-8(2)11-7/h5H2,1-4H3;2,6H2,1,3-5H3. The van der Waals surface area contributed by atoms with E-state index >= 15 is 0 Å². The highest BCUT2D eigenvalue weighted by Crippen LogP contribution is 2.32. The first-order valence-corrected chi connectivity index (χ1v) is 8.70. The molecule has 0 bridgehead atoms. The molecule has 0 saturated carbocycles. The summed E-state index contributed by atoms with van der Waals surface area (Å²) in [6.07, 6.45) is 0.887. The number of allylic oxidation sites excluding steroid dienone is 2. The van der Waals surface area contributed by atoms with Crippen molar-refractivity contribution in [3.63, 3.8) is 0 Å². The lowest BCUT2D eigenvalue weighted by molar-refractivity contribution is -0.154. The summed E-state index contributed by atoms with van der Waals surface area (Å²) in [5.74, 6) is 1.59. The third-order valence-corrected chi connectivity index (χ3v) is 3.37. The fourth-order valence-corrected chi connectivity index (χ4v) is 1.95. The summed E-state index contributed by atoms with van der Waals surface area (Å²) in [5, 5.41) is 0. The van der Waals surface area contributed by atoms with Crippen molar-refractivity contribution in [3.05, 3.63) is 46.2 Å². The van der Waals surface area contributed by atoms with Crippen molar-refractivity contribution < 1.29 is 27.8 Å². The number of ether oxygens (including phenoxy) is 3. The van der Waals surface area contributed by atoms with Crippen molar-refractivity contribution in [1.82, 2.24) is 0 Å². The van der Waals surface area contributed by atoms with Crippen molar-refractivity contribution in [1.29, 1.82) is 0 Å². The Labute approximate surface area is 160 Å². The summed E-state index contributed by atoms with van der Waals surface area (Å²) in [7, 11) is 0. The molecular weight excluding hydrogens is 352 g/mol. The van der Waals surface area contributed by atoms with Gasteiger partial charge in [-0.3, -0.25) is 4.79 Å². The van der Waals surface area contributed by atoms with Gasteiger partial charge in [-0.2, -0.15) is 0 Å². The molecule has 1 aromatic rings. The number of aryl methyl sites for hydroxylation is 1. The molecule has 0 aliphatic carbocycles. The van der Waals surface area contributed by atoms with Crippen molar-refractivity contribution in [2.75, 3.05) is 0 Å². The van der Waals surface area contributed by atoms with Crippen molar-refractivity contribution in [2.45, 2.75) is 68.4 Å². The average Bonchev–Trinajstić information content (AvgIpc) is 2.95. The van der Waals surface area contributed by atoms with E-state index in [1.165, 1.54) is 0 Å². The molecular formula is C20H30O7. The Morgan fingerprint density at radius 3 is 2.00 bits per heavy atom. The summed E-state index contributed by atoms with van der Waals surface area (Å²) in [6.45, 7) is 18.7. The second kappa shape index (κ2) is 8.50. The number of rotatable bonds is 3. The zero-order valence-corrected chi connectivity index (χ0v) is 17.5. The minimum atomic E-state index is -0.783. The third-order valence-electron chi connectivity index (χ3n) is 3.37. The molecule has 0 unspecified atom stereocenters. The number of esters is 1. The summed E-state index contributed by atoms with van der Waals surface area (Å²) in [6, 6.07) is 0. The maximum atomic E-state index is 11.4. The molecule has 0 aromatic carbocycles. The number of hydrogen-bond acceptors (Lipinski definition) is 7. The molecule has 1 aliphatic heterocycles. The molecule has 0 atom stereocenters. The molecule has 0 spiro atoms. The lowest BCUT2D eigenvalue weighted by atomic mass is 9.91. The predicted octanol–water partition coefficient (Wildman–Crippen LogP) is 4.80. The van der Waals surface area contributed by atoms with E-state index in [1.54, 1.807) is 27.7 Å². The summed E-state index contributed by atoms with van der Waals surface area (Å²) >= 11 is 0. The molecule has 27 heavy (non-hydrogen) atoms. The Bertz CT molecular complexity index is 763. The summed E-state index contributed by atoms with van der Waals surface area (Å²) in [5.41, 5.74) is -0.345. The van der Waals surface area contributed by atoms with Crippen LogP contribution in [0.15, 0.2) is 37.7 Å². The van der Waals surface area contributed by atoms with Crippen molar-refractivity contribution >= 4 is 5.97 Å². The van der Waals surface area contributed by atoms with Gasteiger partial charge in [-0.1, -0.05) is 20.8 Å². The monoisotopic (exact) mass is 382 g/mol.